The highest BCUT2D eigenvalue weighted by Crippen LogP contribution is 2.04. The van der Waals surface area contributed by atoms with Gasteiger partial charge < -0.3 is 10.0 Å². The minimum Gasteiger partial charge on any atom is -0.481 e. The summed E-state index contributed by atoms with van der Waals surface area (Å²) in [4.78, 5) is 26.5. The molecule has 0 amide bonds. The summed E-state index contributed by atoms with van der Waals surface area (Å²) in [6.07, 6.45) is 2.08. The Hall–Kier alpha value is -0.940. The van der Waals surface area contributed by atoms with Crippen LogP contribution in [0.25, 0.3) is 0 Å². The first-order chi connectivity index (χ1) is 9.40. The number of carboxylic acids is 1. The maximum Gasteiger partial charge on any atom is 0.307 e. The first-order valence-corrected chi connectivity index (χ1v) is 7.57. The minimum absolute atomic E-state index is 0.0892. The SMILES string of the molecule is CCN(CC)CCCCN(CC(C)=O)CC(C)C(=O)O. The van der Waals surface area contributed by atoms with Crippen molar-refractivity contribution in [3.63, 3.8) is 0 Å². The number of hydrogen-bond acceptors (Lipinski definition) is 4. The van der Waals surface area contributed by atoms with Crippen molar-refractivity contribution in [2.45, 2.75) is 40.5 Å². The average molecular weight is 286 g/mol. The van der Waals surface area contributed by atoms with Gasteiger partial charge in [-0.1, -0.05) is 20.8 Å². The van der Waals surface area contributed by atoms with E-state index in [0.717, 1.165) is 39.0 Å². The lowest BCUT2D eigenvalue weighted by atomic mass is 10.1. The molecule has 0 bridgehead atoms. The number of carboxylic acid groups (broad SMARTS) is 1. The number of aliphatic carboxylic acids is 1. The van der Waals surface area contributed by atoms with E-state index in [-0.39, 0.29) is 5.78 Å². The number of Topliss-reactive ketones (excluding diaryl/α,β-unsaturated/α-hetero) is 1. The van der Waals surface area contributed by atoms with Gasteiger partial charge in [0.25, 0.3) is 0 Å². The van der Waals surface area contributed by atoms with Gasteiger partial charge in [-0.05, 0) is 45.9 Å². The van der Waals surface area contributed by atoms with E-state index >= 15 is 0 Å². The Labute approximate surface area is 122 Å². The lowest BCUT2D eigenvalue weighted by molar-refractivity contribution is -0.142. The van der Waals surface area contributed by atoms with E-state index in [1.54, 1.807) is 13.8 Å². The zero-order chi connectivity index (χ0) is 15.5. The van der Waals surface area contributed by atoms with Crippen LogP contribution in [0, 0.1) is 5.92 Å². The molecule has 1 unspecified atom stereocenters. The van der Waals surface area contributed by atoms with Gasteiger partial charge in [0.1, 0.15) is 5.78 Å². The fourth-order valence-corrected chi connectivity index (χ4v) is 2.23. The van der Waals surface area contributed by atoms with Crippen LogP contribution in [-0.4, -0.2) is 65.9 Å². The van der Waals surface area contributed by atoms with Gasteiger partial charge >= 0.3 is 5.97 Å². The Balaban J connectivity index is 4.10. The second-order valence-corrected chi connectivity index (χ2v) is 5.41. The summed E-state index contributed by atoms with van der Waals surface area (Å²) >= 11 is 0. The lowest BCUT2D eigenvalue weighted by Gasteiger charge is -2.24. The van der Waals surface area contributed by atoms with Crippen molar-refractivity contribution in [2.24, 2.45) is 5.92 Å². The molecule has 5 nitrogen and oxygen atoms in total. The zero-order valence-corrected chi connectivity index (χ0v) is 13.4. The standard InChI is InChI=1S/C15H30N2O3/c1-5-16(6-2)9-7-8-10-17(12-14(4)18)11-13(3)15(19)20/h13H,5-12H2,1-4H3,(H,19,20). The number of carbonyl (C=O) groups excluding carboxylic acids is 1. The number of ketones is 1. The van der Waals surface area contributed by atoms with Crippen LogP contribution in [0.2, 0.25) is 0 Å². The Bertz CT molecular complexity index is 291. The van der Waals surface area contributed by atoms with Crippen LogP contribution in [-0.2, 0) is 9.59 Å². The van der Waals surface area contributed by atoms with Crippen molar-refractivity contribution < 1.29 is 14.7 Å². The van der Waals surface area contributed by atoms with Crippen molar-refractivity contribution in [1.29, 1.82) is 0 Å². The van der Waals surface area contributed by atoms with E-state index in [0.29, 0.717) is 13.1 Å². The van der Waals surface area contributed by atoms with Crippen LogP contribution >= 0.6 is 0 Å². The van der Waals surface area contributed by atoms with Crippen LogP contribution in [0.3, 0.4) is 0 Å². The van der Waals surface area contributed by atoms with Gasteiger partial charge in [-0.25, -0.2) is 0 Å². The van der Waals surface area contributed by atoms with E-state index in [9.17, 15) is 9.59 Å². The number of hydrogen-bond donors (Lipinski definition) is 1. The third-order valence-corrected chi connectivity index (χ3v) is 3.49. The highest BCUT2D eigenvalue weighted by atomic mass is 16.4. The van der Waals surface area contributed by atoms with E-state index in [1.165, 1.54) is 0 Å². The molecule has 0 saturated carbocycles. The molecule has 0 rings (SSSR count). The smallest absolute Gasteiger partial charge is 0.307 e. The number of unbranched alkanes of at least 4 members (excludes halogenated alkanes) is 1. The molecule has 0 aromatic carbocycles. The fraction of sp³-hybridized carbons (Fsp3) is 0.867. The Morgan fingerprint density at radius 1 is 1.05 bits per heavy atom. The van der Waals surface area contributed by atoms with Crippen molar-refractivity contribution in [1.82, 2.24) is 9.80 Å². The predicted molar refractivity (Wildman–Crippen MR) is 80.9 cm³/mol. The molecule has 1 N–H and O–H groups in total. The van der Waals surface area contributed by atoms with E-state index in [4.69, 9.17) is 5.11 Å². The molecule has 0 radical (unpaired) electrons. The Morgan fingerprint density at radius 2 is 1.55 bits per heavy atom. The van der Waals surface area contributed by atoms with E-state index < -0.39 is 11.9 Å². The van der Waals surface area contributed by atoms with Crippen LogP contribution in [0.15, 0.2) is 0 Å². The first kappa shape index (κ1) is 19.1. The van der Waals surface area contributed by atoms with Crippen LogP contribution in [0.5, 0.6) is 0 Å². The molecule has 118 valence electrons. The number of rotatable bonds is 12. The molecule has 0 aliphatic rings. The van der Waals surface area contributed by atoms with E-state index in [1.807, 2.05) is 4.90 Å². The average Bonchev–Trinajstić information content (AvgIpc) is 2.37. The highest BCUT2D eigenvalue weighted by molar-refractivity contribution is 5.77. The molecule has 20 heavy (non-hydrogen) atoms. The second-order valence-electron chi connectivity index (χ2n) is 5.41. The molecule has 0 aromatic heterocycles. The summed E-state index contributed by atoms with van der Waals surface area (Å²) in [5, 5.41) is 8.95. The normalized spacial score (nSPS) is 12.9. The van der Waals surface area contributed by atoms with Crippen molar-refractivity contribution >= 4 is 11.8 Å². The van der Waals surface area contributed by atoms with Gasteiger partial charge in [-0.2, -0.15) is 0 Å². The quantitative estimate of drug-likeness (QED) is 0.554. The topological polar surface area (TPSA) is 60.9 Å². The van der Waals surface area contributed by atoms with Crippen molar-refractivity contribution in [3.8, 4) is 0 Å². The molecule has 0 aromatic rings. The third-order valence-electron chi connectivity index (χ3n) is 3.49. The van der Waals surface area contributed by atoms with Gasteiger partial charge in [0.2, 0.25) is 0 Å². The number of carbonyl (C=O) groups is 2. The van der Waals surface area contributed by atoms with Gasteiger partial charge in [-0.15, -0.1) is 0 Å². The summed E-state index contributed by atoms with van der Waals surface area (Å²) in [6, 6.07) is 0. The molecule has 0 heterocycles. The maximum absolute atomic E-state index is 11.2. The van der Waals surface area contributed by atoms with Gasteiger partial charge in [0.05, 0.1) is 12.5 Å². The van der Waals surface area contributed by atoms with E-state index in [2.05, 4.69) is 18.7 Å². The van der Waals surface area contributed by atoms with Crippen LogP contribution in [0.4, 0.5) is 0 Å². The summed E-state index contributed by atoms with van der Waals surface area (Å²) in [5.74, 6) is -1.15. The number of nitrogens with zero attached hydrogens (tertiary/aromatic N) is 2. The molecule has 0 aliphatic carbocycles. The highest BCUT2D eigenvalue weighted by Gasteiger charge is 2.16. The zero-order valence-electron chi connectivity index (χ0n) is 13.4. The van der Waals surface area contributed by atoms with Gasteiger partial charge in [0, 0.05) is 6.54 Å². The minimum atomic E-state index is -0.804. The predicted octanol–water partition coefficient (Wildman–Crippen LogP) is 1.72. The Morgan fingerprint density at radius 3 is 1.95 bits per heavy atom. The third kappa shape index (κ3) is 9.04. The molecule has 5 heteroatoms. The van der Waals surface area contributed by atoms with Crippen molar-refractivity contribution in [2.75, 3.05) is 39.3 Å². The van der Waals surface area contributed by atoms with Crippen LogP contribution < -0.4 is 0 Å². The van der Waals surface area contributed by atoms with Crippen molar-refractivity contribution in [3.05, 3.63) is 0 Å². The van der Waals surface area contributed by atoms with Crippen LogP contribution in [0.1, 0.15) is 40.5 Å². The molecule has 0 fully saturated rings. The summed E-state index contributed by atoms with van der Waals surface area (Å²) in [7, 11) is 0. The first-order valence-electron chi connectivity index (χ1n) is 7.57. The molecular formula is C15H30N2O3. The monoisotopic (exact) mass is 286 g/mol. The second kappa shape index (κ2) is 10.8. The van der Waals surface area contributed by atoms with Gasteiger partial charge in [-0.3, -0.25) is 14.5 Å². The molecular weight excluding hydrogens is 256 g/mol. The summed E-state index contributed by atoms with van der Waals surface area (Å²) in [6.45, 7) is 12.3. The molecule has 0 saturated heterocycles. The summed E-state index contributed by atoms with van der Waals surface area (Å²) in [5.41, 5.74) is 0. The molecule has 0 aliphatic heterocycles. The van der Waals surface area contributed by atoms with Gasteiger partial charge in [0.15, 0.2) is 0 Å². The molecule has 0 spiro atoms. The fourth-order valence-electron chi connectivity index (χ4n) is 2.23. The largest absolute Gasteiger partial charge is 0.481 e. The maximum atomic E-state index is 11.2. The Kier molecular flexibility index (Phi) is 10.3. The summed E-state index contributed by atoms with van der Waals surface area (Å²) < 4.78 is 0. The molecule has 1 atom stereocenters. The lowest BCUT2D eigenvalue weighted by Crippen LogP contribution is -2.36.